The molecule has 9 nitrogen and oxygen atoms in total. The number of hydrogen-bond acceptors (Lipinski definition) is 6. The van der Waals surface area contributed by atoms with Gasteiger partial charge in [-0.3, -0.25) is 19.5 Å². The van der Waals surface area contributed by atoms with Gasteiger partial charge in [-0.25, -0.2) is 4.99 Å². The van der Waals surface area contributed by atoms with Crippen molar-refractivity contribution in [1.82, 2.24) is 20.4 Å². The van der Waals surface area contributed by atoms with Gasteiger partial charge < -0.3 is 20.6 Å². The van der Waals surface area contributed by atoms with Crippen LogP contribution in [0.15, 0.2) is 46.0 Å². The van der Waals surface area contributed by atoms with Crippen molar-refractivity contribution >= 4 is 24.4 Å². The van der Waals surface area contributed by atoms with Gasteiger partial charge in [0.2, 0.25) is 5.91 Å². The summed E-state index contributed by atoms with van der Waals surface area (Å²) in [6.45, 7) is 7.64. The Labute approximate surface area is 207 Å². The van der Waals surface area contributed by atoms with Crippen molar-refractivity contribution in [3.8, 4) is 0 Å². The maximum absolute atomic E-state index is 12.7. The van der Waals surface area contributed by atoms with E-state index in [4.69, 9.17) is 0 Å². The Hall–Kier alpha value is -3.04. The Balaban J connectivity index is 1.24. The predicted molar refractivity (Wildman–Crippen MR) is 136 cm³/mol. The van der Waals surface area contributed by atoms with E-state index in [2.05, 4.69) is 50.4 Å². The van der Waals surface area contributed by atoms with Gasteiger partial charge in [0.15, 0.2) is 0 Å². The van der Waals surface area contributed by atoms with E-state index in [1.54, 1.807) is 13.1 Å². The minimum absolute atomic E-state index is 0.0136. The first kappa shape index (κ1) is 25.1. The highest BCUT2D eigenvalue weighted by Gasteiger charge is 2.38. The quantitative estimate of drug-likeness (QED) is 0.274. The van der Waals surface area contributed by atoms with Crippen molar-refractivity contribution in [1.29, 1.82) is 0 Å². The highest BCUT2D eigenvalue weighted by Crippen LogP contribution is 2.33. The normalized spacial score (nSPS) is 23.4. The maximum atomic E-state index is 12.7. The molecule has 188 valence electrons. The third kappa shape index (κ3) is 6.35. The lowest BCUT2D eigenvalue weighted by Crippen LogP contribution is -2.49. The number of fused-ring (bicyclic) bond motifs is 1. The van der Waals surface area contributed by atoms with Crippen LogP contribution < -0.4 is 10.6 Å². The van der Waals surface area contributed by atoms with Crippen LogP contribution in [0.5, 0.6) is 0 Å². The van der Waals surface area contributed by atoms with Gasteiger partial charge >= 0.3 is 0 Å². The van der Waals surface area contributed by atoms with Crippen molar-refractivity contribution in [2.24, 2.45) is 15.9 Å². The molecule has 3 N–H and O–H groups in total. The van der Waals surface area contributed by atoms with E-state index in [-0.39, 0.29) is 30.3 Å². The van der Waals surface area contributed by atoms with Gasteiger partial charge in [0.05, 0.1) is 12.1 Å². The fourth-order valence-corrected chi connectivity index (χ4v) is 4.76. The first-order valence-corrected chi connectivity index (χ1v) is 12.4. The van der Waals surface area contributed by atoms with Gasteiger partial charge in [0.1, 0.15) is 11.5 Å². The van der Waals surface area contributed by atoms with Crippen molar-refractivity contribution in [2.45, 2.75) is 44.4 Å². The van der Waals surface area contributed by atoms with Gasteiger partial charge in [0.25, 0.3) is 5.91 Å². The number of benzene rings is 1. The second kappa shape index (κ2) is 11.6. The average Bonchev–Trinajstić information content (AvgIpc) is 2.80. The van der Waals surface area contributed by atoms with Crippen LogP contribution >= 0.6 is 0 Å². The van der Waals surface area contributed by atoms with E-state index >= 15 is 0 Å². The van der Waals surface area contributed by atoms with E-state index in [9.17, 15) is 14.7 Å². The molecule has 2 fully saturated rings. The second-order valence-electron chi connectivity index (χ2n) is 9.57. The molecule has 1 aliphatic carbocycles. The summed E-state index contributed by atoms with van der Waals surface area (Å²) in [6.07, 6.45) is 4.35. The van der Waals surface area contributed by atoms with Crippen molar-refractivity contribution in [2.75, 3.05) is 39.8 Å². The van der Waals surface area contributed by atoms with Crippen LogP contribution in [0.25, 0.3) is 0 Å². The molecule has 1 saturated heterocycles. The van der Waals surface area contributed by atoms with E-state index in [0.717, 1.165) is 39.0 Å². The third-order valence-corrected chi connectivity index (χ3v) is 7.07. The van der Waals surface area contributed by atoms with Crippen LogP contribution in [0.1, 0.15) is 30.4 Å². The molecule has 0 bridgehead atoms. The zero-order valence-electron chi connectivity index (χ0n) is 20.4. The van der Waals surface area contributed by atoms with Gasteiger partial charge in [-0.15, -0.1) is 0 Å². The third-order valence-electron chi connectivity index (χ3n) is 7.07. The van der Waals surface area contributed by atoms with Crippen LogP contribution in [-0.2, 0) is 22.6 Å². The molecule has 35 heavy (non-hydrogen) atoms. The Morgan fingerprint density at radius 1 is 1.23 bits per heavy atom. The summed E-state index contributed by atoms with van der Waals surface area (Å²) in [7, 11) is 1.65. The average molecular weight is 481 g/mol. The molecule has 1 atom stereocenters. The molecule has 3 aliphatic rings. The Morgan fingerprint density at radius 2 is 1.97 bits per heavy atom. The molecule has 9 heteroatoms. The van der Waals surface area contributed by atoms with E-state index in [1.807, 2.05) is 11.0 Å². The topological polar surface area (TPSA) is 110 Å². The molecule has 1 aromatic rings. The number of likely N-dealkylation sites (tertiary alicyclic amines) is 1. The molecule has 0 unspecified atom stereocenters. The summed E-state index contributed by atoms with van der Waals surface area (Å²) in [5.74, 6) is 0.290. The molecule has 4 rings (SSSR count). The number of carbonyl (C=O) groups is 2. The lowest BCUT2D eigenvalue weighted by atomic mass is 9.79. The summed E-state index contributed by atoms with van der Waals surface area (Å²) >= 11 is 0. The zero-order valence-corrected chi connectivity index (χ0v) is 20.4. The molecule has 2 aliphatic heterocycles. The monoisotopic (exact) mass is 480 g/mol. The number of amidine groups is 1. The molecule has 2 amide bonds. The van der Waals surface area contributed by atoms with E-state index in [1.165, 1.54) is 11.1 Å². The van der Waals surface area contributed by atoms with Crippen LogP contribution in [0.4, 0.5) is 0 Å². The van der Waals surface area contributed by atoms with Gasteiger partial charge in [-0.1, -0.05) is 24.3 Å². The minimum Gasteiger partial charge on any atom is -0.390 e. The predicted octanol–water partition coefficient (Wildman–Crippen LogP) is 0.735. The van der Waals surface area contributed by atoms with Crippen LogP contribution in [0, 0.1) is 5.92 Å². The fraction of sp³-hybridized carbons (Fsp3) is 0.538. The fourth-order valence-electron chi connectivity index (χ4n) is 4.76. The summed E-state index contributed by atoms with van der Waals surface area (Å²) < 4.78 is 0. The van der Waals surface area contributed by atoms with Crippen molar-refractivity contribution in [3.05, 3.63) is 47.2 Å². The number of nitrogens with one attached hydrogen (secondary N) is 2. The van der Waals surface area contributed by atoms with Gasteiger partial charge in [-0.2, -0.15) is 0 Å². The Morgan fingerprint density at radius 3 is 2.63 bits per heavy atom. The number of nitrogens with zero attached hydrogens (tertiary/aromatic N) is 4. The maximum Gasteiger partial charge on any atom is 0.267 e. The molecular weight excluding hydrogens is 444 g/mol. The molecule has 0 radical (unpaired) electrons. The van der Waals surface area contributed by atoms with Gasteiger partial charge in [0, 0.05) is 58.3 Å². The molecule has 1 saturated carbocycles. The number of aliphatic hydroxyl groups is 1. The second-order valence-corrected chi connectivity index (χ2v) is 9.57. The standard InChI is InChI=1S/C26H36N6O3/c1-27-23(14-24(28-2)30-21-12-20(13-21)26(35)32-9-5-10-32)25(34)29-15-22(33)17-31-11-8-18-6-3-4-7-19(18)16-31/h3-4,6-7,14,20-22,27,33H,2,5,8-13,15-17H2,1H3,(H,29,34)/t20?,21?,22-/m0/s1. The lowest BCUT2D eigenvalue weighted by Gasteiger charge is -2.39. The van der Waals surface area contributed by atoms with Crippen molar-refractivity contribution in [3.63, 3.8) is 0 Å². The highest BCUT2D eigenvalue weighted by atomic mass is 16.3. The van der Waals surface area contributed by atoms with Crippen LogP contribution in [0.3, 0.4) is 0 Å². The molecule has 0 aromatic heterocycles. The summed E-state index contributed by atoms with van der Waals surface area (Å²) in [5.41, 5.74) is 2.95. The van der Waals surface area contributed by atoms with Crippen molar-refractivity contribution < 1.29 is 14.7 Å². The zero-order chi connectivity index (χ0) is 24.8. The van der Waals surface area contributed by atoms with E-state index in [0.29, 0.717) is 30.9 Å². The number of rotatable bonds is 9. The summed E-state index contributed by atoms with van der Waals surface area (Å²) in [6, 6.07) is 8.39. The highest BCUT2D eigenvalue weighted by molar-refractivity contribution is 6.04. The summed E-state index contributed by atoms with van der Waals surface area (Å²) in [5, 5.41) is 16.2. The number of β-amino-alcohol motifs (C(OH)–C–C–N with tert-alkyl or cyclic N) is 1. The molecule has 1 aromatic carbocycles. The van der Waals surface area contributed by atoms with Crippen LogP contribution in [0.2, 0.25) is 0 Å². The number of amides is 2. The number of likely N-dealkylation sites (N-methyl/N-ethyl adjacent to an activating group) is 1. The first-order valence-electron chi connectivity index (χ1n) is 12.4. The Kier molecular flexibility index (Phi) is 8.30. The van der Waals surface area contributed by atoms with E-state index < -0.39 is 6.10 Å². The summed E-state index contributed by atoms with van der Waals surface area (Å²) in [4.78, 5) is 37.6. The molecule has 0 spiro atoms. The first-order chi connectivity index (χ1) is 17.0. The SMILES string of the molecule is C=NC(C=C(NC)C(=O)NC[C@H](O)CN1CCc2ccccc2C1)=NC1CC(C(=O)N2CCC2)C1. The number of aliphatic hydroxyl groups excluding tert-OH is 1. The number of hydrogen-bond donors (Lipinski definition) is 3. The smallest absolute Gasteiger partial charge is 0.267 e. The largest absolute Gasteiger partial charge is 0.390 e. The number of aliphatic imine (C=N–C) groups is 2. The lowest BCUT2D eigenvalue weighted by molar-refractivity contribution is -0.142. The van der Waals surface area contributed by atoms with Crippen LogP contribution in [-0.4, -0.2) is 91.2 Å². The molecule has 2 heterocycles. The molecular formula is C26H36N6O3. The minimum atomic E-state index is -0.677. The Bertz CT molecular complexity index is 997. The number of carbonyl (C=O) groups excluding carboxylic acids is 2. The van der Waals surface area contributed by atoms with Gasteiger partial charge in [-0.05, 0) is 43.5 Å².